The largest absolute Gasteiger partial charge is 0.315 e. The minimum Gasteiger partial charge on any atom is -0.315 e. The van der Waals surface area contributed by atoms with Gasteiger partial charge in [0.05, 0.1) is 0 Å². The van der Waals surface area contributed by atoms with Gasteiger partial charge in [-0.3, -0.25) is 4.90 Å². The highest BCUT2D eigenvalue weighted by atomic mass is 15.3. The summed E-state index contributed by atoms with van der Waals surface area (Å²) in [5, 5.41) is 3.51. The average molecular weight is 240 g/mol. The SMILES string of the molecule is CC1CNCCN(CCN2CCN(C)CC2)C1. The van der Waals surface area contributed by atoms with E-state index in [1.54, 1.807) is 0 Å². The molecule has 1 unspecified atom stereocenters. The molecule has 1 atom stereocenters. The lowest BCUT2D eigenvalue weighted by Gasteiger charge is -2.34. The maximum Gasteiger partial charge on any atom is 0.0110 e. The van der Waals surface area contributed by atoms with Crippen molar-refractivity contribution < 1.29 is 0 Å². The van der Waals surface area contributed by atoms with Gasteiger partial charge in [-0.1, -0.05) is 6.92 Å². The van der Waals surface area contributed by atoms with E-state index in [9.17, 15) is 0 Å². The van der Waals surface area contributed by atoms with E-state index in [2.05, 4.69) is 34.0 Å². The van der Waals surface area contributed by atoms with Gasteiger partial charge < -0.3 is 15.1 Å². The normalized spacial score (nSPS) is 30.4. The number of hydrogen-bond acceptors (Lipinski definition) is 4. The zero-order chi connectivity index (χ0) is 12.1. The predicted octanol–water partition coefficient (Wildman–Crippen LogP) is -0.225. The molecule has 0 saturated carbocycles. The van der Waals surface area contributed by atoms with Crippen LogP contribution in [0, 0.1) is 5.92 Å². The molecule has 17 heavy (non-hydrogen) atoms. The molecule has 0 aromatic heterocycles. The van der Waals surface area contributed by atoms with Gasteiger partial charge in [0.15, 0.2) is 0 Å². The highest BCUT2D eigenvalue weighted by molar-refractivity contribution is 4.74. The number of hydrogen-bond donors (Lipinski definition) is 1. The number of likely N-dealkylation sites (N-methyl/N-ethyl adjacent to an activating group) is 1. The van der Waals surface area contributed by atoms with Crippen LogP contribution in [0.2, 0.25) is 0 Å². The molecule has 0 spiro atoms. The number of piperazine rings is 1. The number of rotatable bonds is 3. The standard InChI is InChI=1S/C13H28N4/c1-13-11-14-3-4-17(12-13)10-9-16-7-5-15(2)6-8-16/h13-14H,3-12H2,1-2H3. The first kappa shape index (κ1) is 13.3. The average Bonchev–Trinajstić information content (AvgIpc) is 2.53. The Bertz CT molecular complexity index is 213. The van der Waals surface area contributed by atoms with Crippen molar-refractivity contribution in [2.24, 2.45) is 5.92 Å². The van der Waals surface area contributed by atoms with Gasteiger partial charge in [0, 0.05) is 58.9 Å². The van der Waals surface area contributed by atoms with Gasteiger partial charge in [0.25, 0.3) is 0 Å². The maximum absolute atomic E-state index is 3.51. The zero-order valence-electron chi connectivity index (χ0n) is 11.5. The lowest BCUT2D eigenvalue weighted by molar-refractivity contribution is 0.134. The fourth-order valence-electron chi connectivity index (χ4n) is 2.74. The van der Waals surface area contributed by atoms with E-state index < -0.39 is 0 Å². The Morgan fingerprint density at radius 2 is 1.71 bits per heavy atom. The maximum atomic E-state index is 3.51. The van der Waals surface area contributed by atoms with Crippen LogP contribution in [0.3, 0.4) is 0 Å². The number of nitrogens with zero attached hydrogens (tertiary/aromatic N) is 3. The summed E-state index contributed by atoms with van der Waals surface area (Å²) in [5.41, 5.74) is 0. The van der Waals surface area contributed by atoms with Gasteiger partial charge in [0.2, 0.25) is 0 Å². The Morgan fingerprint density at radius 3 is 2.47 bits per heavy atom. The molecule has 4 heteroatoms. The molecule has 4 nitrogen and oxygen atoms in total. The summed E-state index contributed by atoms with van der Waals surface area (Å²) in [6.07, 6.45) is 0. The van der Waals surface area contributed by atoms with Crippen molar-refractivity contribution in [1.82, 2.24) is 20.0 Å². The first-order valence-corrected chi connectivity index (χ1v) is 7.08. The second-order valence-electron chi connectivity index (χ2n) is 5.75. The third-order valence-corrected chi connectivity index (χ3v) is 4.00. The van der Waals surface area contributed by atoms with Crippen molar-refractivity contribution >= 4 is 0 Å². The van der Waals surface area contributed by atoms with Crippen molar-refractivity contribution in [2.45, 2.75) is 6.92 Å². The van der Waals surface area contributed by atoms with Crippen LogP contribution in [-0.4, -0.2) is 87.2 Å². The predicted molar refractivity (Wildman–Crippen MR) is 72.4 cm³/mol. The van der Waals surface area contributed by atoms with E-state index in [-0.39, 0.29) is 0 Å². The van der Waals surface area contributed by atoms with Crippen molar-refractivity contribution in [1.29, 1.82) is 0 Å². The summed E-state index contributed by atoms with van der Waals surface area (Å²) in [7, 11) is 2.22. The third-order valence-electron chi connectivity index (χ3n) is 4.00. The smallest absolute Gasteiger partial charge is 0.0110 e. The van der Waals surface area contributed by atoms with Gasteiger partial charge in [0.1, 0.15) is 0 Å². The second-order valence-corrected chi connectivity index (χ2v) is 5.75. The molecule has 0 aromatic carbocycles. The van der Waals surface area contributed by atoms with Gasteiger partial charge in [-0.2, -0.15) is 0 Å². The lowest BCUT2D eigenvalue weighted by atomic mass is 10.2. The Kier molecular flexibility index (Phi) is 5.22. The summed E-state index contributed by atoms with van der Waals surface area (Å²) < 4.78 is 0. The van der Waals surface area contributed by atoms with Crippen LogP contribution in [0.4, 0.5) is 0 Å². The molecule has 0 amide bonds. The quantitative estimate of drug-likeness (QED) is 0.736. The van der Waals surface area contributed by atoms with Crippen LogP contribution in [0.25, 0.3) is 0 Å². The molecular formula is C13H28N4. The van der Waals surface area contributed by atoms with Crippen molar-refractivity contribution in [3.05, 3.63) is 0 Å². The first-order chi connectivity index (χ1) is 8.24. The topological polar surface area (TPSA) is 21.8 Å². The van der Waals surface area contributed by atoms with E-state index >= 15 is 0 Å². The minimum absolute atomic E-state index is 0.796. The molecule has 2 saturated heterocycles. The van der Waals surface area contributed by atoms with Crippen molar-refractivity contribution in [3.63, 3.8) is 0 Å². The van der Waals surface area contributed by atoms with Crippen molar-refractivity contribution in [3.8, 4) is 0 Å². The van der Waals surface area contributed by atoms with Gasteiger partial charge in [-0.15, -0.1) is 0 Å². The third kappa shape index (κ3) is 4.54. The summed E-state index contributed by atoms with van der Waals surface area (Å²) in [6, 6.07) is 0. The Morgan fingerprint density at radius 1 is 1.00 bits per heavy atom. The molecule has 100 valence electrons. The molecule has 2 aliphatic heterocycles. The van der Waals surface area contributed by atoms with E-state index in [0.717, 1.165) is 12.5 Å². The van der Waals surface area contributed by atoms with E-state index in [4.69, 9.17) is 0 Å². The van der Waals surface area contributed by atoms with Gasteiger partial charge in [-0.25, -0.2) is 0 Å². The minimum atomic E-state index is 0.796. The van der Waals surface area contributed by atoms with Gasteiger partial charge in [-0.05, 0) is 19.5 Å². The summed E-state index contributed by atoms with van der Waals surface area (Å²) in [6.45, 7) is 14.6. The first-order valence-electron chi connectivity index (χ1n) is 7.08. The molecule has 0 aliphatic carbocycles. The summed E-state index contributed by atoms with van der Waals surface area (Å²) >= 11 is 0. The fraction of sp³-hybridized carbons (Fsp3) is 1.00. The fourth-order valence-corrected chi connectivity index (χ4v) is 2.74. The van der Waals surface area contributed by atoms with Crippen LogP contribution >= 0.6 is 0 Å². The van der Waals surface area contributed by atoms with Crippen LogP contribution in [-0.2, 0) is 0 Å². The van der Waals surface area contributed by atoms with Crippen molar-refractivity contribution in [2.75, 3.05) is 72.5 Å². The highest BCUT2D eigenvalue weighted by Crippen LogP contribution is 2.04. The van der Waals surface area contributed by atoms with Crippen LogP contribution in [0.5, 0.6) is 0 Å². The molecule has 0 radical (unpaired) electrons. The molecule has 2 heterocycles. The molecule has 2 aliphatic rings. The number of nitrogens with one attached hydrogen (secondary N) is 1. The van der Waals surface area contributed by atoms with Crippen LogP contribution < -0.4 is 5.32 Å². The zero-order valence-corrected chi connectivity index (χ0v) is 11.5. The highest BCUT2D eigenvalue weighted by Gasteiger charge is 2.17. The van der Waals surface area contributed by atoms with E-state index in [1.807, 2.05) is 0 Å². The molecular weight excluding hydrogens is 212 g/mol. The Labute approximate surface area is 106 Å². The molecule has 1 N–H and O–H groups in total. The van der Waals surface area contributed by atoms with Crippen LogP contribution in [0.15, 0.2) is 0 Å². The molecule has 0 aromatic rings. The van der Waals surface area contributed by atoms with E-state index in [1.165, 1.54) is 58.9 Å². The lowest BCUT2D eigenvalue weighted by Crippen LogP contribution is -2.47. The second kappa shape index (κ2) is 6.69. The summed E-state index contributed by atoms with van der Waals surface area (Å²) in [4.78, 5) is 7.67. The van der Waals surface area contributed by atoms with Crippen LogP contribution in [0.1, 0.15) is 6.92 Å². The molecule has 2 fully saturated rings. The van der Waals surface area contributed by atoms with Gasteiger partial charge >= 0.3 is 0 Å². The Hall–Kier alpha value is -0.160. The van der Waals surface area contributed by atoms with E-state index in [0.29, 0.717) is 0 Å². The molecule has 2 rings (SSSR count). The monoisotopic (exact) mass is 240 g/mol. The summed E-state index contributed by atoms with van der Waals surface area (Å²) in [5.74, 6) is 0.796. The molecule has 0 bridgehead atoms. The Balaban J connectivity index is 1.66.